The van der Waals surface area contributed by atoms with Gasteiger partial charge in [-0.2, -0.15) is 0 Å². The van der Waals surface area contributed by atoms with Crippen LogP contribution in [0.4, 0.5) is 0 Å². The second kappa shape index (κ2) is 7.34. The molecule has 0 radical (unpaired) electrons. The minimum absolute atomic E-state index is 0.00625. The molecule has 1 aliphatic heterocycles. The molecule has 0 aromatic heterocycles. The highest BCUT2D eigenvalue weighted by Crippen LogP contribution is 2.20. The van der Waals surface area contributed by atoms with E-state index < -0.39 is 0 Å². The number of nitrogens with zero attached hydrogens (tertiary/aromatic N) is 1. The van der Waals surface area contributed by atoms with Gasteiger partial charge in [-0.15, -0.1) is 0 Å². The molecule has 2 atom stereocenters. The SMILES string of the molecule is CCC(CC)CC(O)C1CN(C(C)C)CCO1. The summed E-state index contributed by atoms with van der Waals surface area (Å²) < 4.78 is 5.72. The van der Waals surface area contributed by atoms with Crippen molar-refractivity contribution in [3.63, 3.8) is 0 Å². The highest BCUT2D eigenvalue weighted by atomic mass is 16.5. The predicted molar refractivity (Wildman–Crippen MR) is 71.1 cm³/mol. The van der Waals surface area contributed by atoms with Crippen molar-refractivity contribution < 1.29 is 9.84 Å². The van der Waals surface area contributed by atoms with Gasteiger partial charge in [-0.1, -0.05) is 26.7 Å². The second-order valence-electron chi connectivity index (χ2n) is 5.48. The van der Waals surface area contributed by atoms with Gasteiger partial charge in [-0.25, -0.2) is 0 Å². The summed E-state index contributed by atoms with van der Waals surface area (Å²) >= 11 is 0. The molecule has 0 saturated carbocycles. The Labute approximate surface area is 106 Å². The van der Waals surface area contributed by atoms with Gasteiger partial charge in [0, 0.05) is 19.1 Å². The fourth-order valence-electron chi connectivity index (χ4n) is 2.51. The molecule has 0 aliphatic carbocycles. The second-order valence-corrected chi connectivity index (χ2v) is 5.48. The van der Waals surface area contributed by atoms with Gasteiger partial charge in [0.15, 0.2) is 0 Å². The molecule has 3 heteroatoms. The van der Waals surface area contributed by atoms with Gasteiger partial charge < -0.3 is 9.84 Å². The summed E-state index contributed by atoms with van der Waals surface area (Å²) in [6.07, 6.45) is 2.87. The van der Waals surface area contributed by atoms with Gasteiger partial charge in [0.05, 0.1) is 18.8 Å². The summed E-state index contributed by atoms with van der Waals surface area (Å²) in [6, 6.07) is 0.543. The van der Waals surface area contributed by atoms with Crippen LogP contribution in [0.5, 0.6) is 0 Å². The minimum Gasteiger partial charge on any atom is -0.390 e. The van der Waals surface area contributed by atoms with Gasteiger partial charge in [0.1, 0.15) is 0 Å². The molecule has 1 fully saturated rings. The Morgan fingerprint density at radius 3 is 2.47 bits per heavy atom. The number of morpholine rings is 1. The Balaban J connectivity index is 2.42. The lowest BCUT2D eigenvalue weighted by atomic mass is 9.93. The van der Waals surface area contributed by atoms with Crippen molar-refractivity contribution in [2.75, 3.05) is 19.7 Å². The van der Waals surface area contributed by atoms with E-state index in [2.05, 4.69) is 32.6 Å². The van der Waals surface area contributed by atoms with Gasteiger partial charge >= 0.3 is 0 Å². The number of hydrogen-bond acceptors (Lipinski definition) is 3. The molecule has 1 heterocycles. The molecule has 1 rings (SSSR count). The fraction of sp³-hybridized carbons (Fsp3) is 1.00. The van der Waals surface area contributed by atoms with Crippen LogP contribution in [0.25, 0.3) is 0 Å². The zero-order valence-corrected chi connectivity index (χ0v) is 11.9. The van der Waals surface area contributed by atoms with E-state index in [9.17, 15) is 5.11 Å². The molecule has 17 heavy (non-hydrogen) atoms. The first kappa shape index (κ1) is 14.9. The average Bonchev–Trinajstić information content (AvgIpc) is 2.35. The lowest BCUT2D eigenvalue weighted by Crippen LogP contribution is -2.50. The first-order chi connectivity index (χ1) is 8.08. The van der Waals surface area contributed by atoms with Gasteiger partial charge in [0.2, 0.25) is 0 Å². The molecule has 3 nitrogen and oxygen atoms in total. The molecule has 102 valence electrons. The first-order valence-corrected chi connectivity index (χ1v) is 7.12. The number of aliphatic hydroxyl groups excluding tert-OH is 1. The minimum atomic E-state index is -0.304. The van der Waals surface area contributed by atoms with Crippen molar-refractivity contribution in [3.05, 3.63) is 0 Å². The summed E-state index contributed by atoms with van der Waals surface area (Å²) in [6.45, 7) is 11.4. The predicted octanol–water partition coefficient (Wildman–Crippen LogP) is 2.28. The molecule has 2 unspecified atom stereocenters. The molecule has 1 N–H and O–H groups in total. The van der Waals surface area contributed by atoms with E-state index in [1.807, 2.05) is 0 Å². The zero-order valence-electron chi connectivity index (χ0n) is 11.9. The molecular formula is C14H29NO2. The number of rotatable bonds is 6. The van der Waals surface area contributed by atoms with Gasteiger partial charge in [-0.05, 0) is 26.2 Å². The molecule has 1 saturated heterocycles. The third kappa shape index (κ3) is 4.57. The standard InChI is InChI=1S/C14H29NO2/c1-5-12(6-2)9-13(16)14-10-15(11(3)4)7-8-17-14/h11-14,16H,5-10H2,1-4H3. The highest BCUT2D eigenvalue weighted by molar-refractivity contribution is 4.80. The summed E-state index contributed by atoms with van der Waals surface area (Å²) in [5, 5.41) is 10.3. The van der Waals surface area contributed by atoms with Crippen molar-refractivity contribution >= 4 is 0 Å². The van der Waals surface area contributed by atoms with Crippen LogP contribution in [0.1, 0.15) is 47.0 Å². The maximum Gasteiger partial charge on any atom is 0.0961 e. The van der Waals surface area contributed by atoms with Crippen molar-refractivity contribution in [2.24, 2.45) is 5.92 Å². The maximum absolute atomic E-state index is 10.3. The molecule has 0 spiro atoms. The van der Waals surface area contributed by atoms with Crippen LogP contribution in [0.2, 0.25) is 0 Å². The summed E-state index contributed by atoms with van der Waals surface area (Å²) in [5.41, 5.74) is 0. The maximum atomic E-state index is 10.3. The van der Waals surface area contributed by atoms with Gasteiger partial charge in [0.25, 0.3) is 0 Å². The van der Waals surface area contributed by atoms with Crippen LogP contribution < -0.4 is 0 Å². The third-order valence-electron chi connectivity index (χ3n) is 4.01. The Morgan fingerprint density at radius 2 is 1.94 bits per heavy atom. The number of aliphatic hydroxyl groups is 1. The quantitative estimate of drug-likeness (QED) is 0.777. The largest absolute Gasteiger partial charge is 0.390 e. The summed E-state index contributed by atoms with van der Waals surface area (Å²) in [4.78, 5) is 2.39. The highest BCUT2D eigenvalue weighted by Gasteiger charge is 2.28. The van der Waals surface area contributed by atoms with Crippen LogP contribution in [0, 0.1) is 5.92 Å². The lowest BCUT2D eigenvalue weighted by Gasteiger charge is -2.38. The van der Waals surface area contributed by atoms with Crippen molar-refractivity contribution in [1.82, 2.24) is 4.90 Å². The van der Waals surface area contributed by atoms with Crippen LogP contribution in [0.15, 0.2) is 0 Å². The van der Waals surface area contributed by atoms with Crippen molar-refractivity contribution in [3.8, 4) is 0 Å². The van der Waals surface area contributed by atoms with Crippen LogP contribution in [0.3, 0.4) is 0 Å². The van der Waals surface area contributed by atoms with E-state index in [4.69, 9.17) is 4.74 Å². The van der Waals surface area contributed by atoms with Gasteiger partial charge in [-0.3, -0.25) is 4.90 Å². The van der Waals surface area contributed by atoms with E-state index in [1.165, 1.54) is 0 Å². The van der Waals surface area contributed by atoms with E-state index in [0.717, 1.165) is 39.0 Å². The van der Waals surface area contributed by atoms with Crippen LogP contribution in [-0.2, 0) is 4.74 Å². The number of hydrogen-bond donors (Lipinski definition) is 1. The molecule has 1 aliphatic rings. The molecule has 0 bridgehead atoms. The molecular weight excluding hydrogens is 214 g/mol. The fourth-order valence-corrected chi connectivity index (χ4v) is 2.51. The van der Waals surface area contributed by atoms with E-state index >= 15 is 0 Å². The Morgan fingerprint density at radius 1 is 1.29 bits per heavy atom. The Bertz CT molecular complexity index is 204. The monoisotopic (exact) mass is 243 g/mol. The summed E-state index contributed by atoms with van der Waals surface area (Å²) in [7, 11) is 0. The van der Waals surface area contributed by atoms with Crippen LogP contribution >= 0.6 is 0 Å². The Kier molecular flexibility index (Phi) is 6.45. The number of ether oxygens (including phenoxy) is 1. The molecule has 0 amide bonds. The van der Waals surface area contributed by atoms with E-state index in [-0.39, 0.29) is 12.2 Å². The average molecular weight is 243 g/mol. The smallest absolute Gasteiger partial charge is 0.0961 e. The third-order valence-corrected chi connectivity index (χ3v) is 4.01. The van der Waals surface area contributed by atoms with E-state index in [1.54, 1.807) is 0 Å². The zero-order chi connectivity index (χ0) is 12.8. The normalized spacial score (nSPS) is 24.5. The molecule has 0 aromatic carbocycles. The first-order valence-electron chi connectivity index (χ1n) is 7.12. The van der Waals surface area contributed by atoms with Crippen molar-refractivity contribution in [2.45, 2.75) is 65.2 Å². The van der Waals surface area contributed by atoms with Crippen LogP contribution in [-0.4, -0.2) is 48.0 Å². The molecule has 0 aromatic rings. The lowest BCUT2D eigenvalue weighted by molar-refractivity contribution is -0.100. The Hall–Kier alpha value is -0.120. The van der Waals surface area contributed by atoms with Crippen molar-refractivity contribution in [1.29, 1.82) is 0 Å². The van der Waals surface area contributed by atoms with E-state index in [0.29, 0.717) is 12.0 Å². The summed E-state index contributed by atoms with van der Waals surface area (Å²) in [5.74, 6) is 0.628. The topological polar surface area (TPSA) is 32.7 Å².